The highest BCUT2D eigenvalue weighted by Crippen LogP contribution is 2.33. The quantitative estimate of drug-likeness (QED) is 0.858. The molecule has 3 rings (SSSR count). The van der Waals surface area contributed by atoms with E-state index in [0.29, 0.717) is 24.8 Å². The largest absolute Gasteiger partial charge is 0.257 e. The molecule has 19 heavy (non-hydrogen) atoms. The third kappa shape index (κ3) is 2.40. The van der Waals surface area contributed by atoms with Crippen LogP contribution in [0.1, 0.15) is 19.3 Å². The van der Waals surface area contributed by atoms with Crippen molar-refractivity contribution in [1.29, 1.82) is 0 Å². The third-order valence-electron chi connectivity index (χ3n) is 4.15. The van der Waals surface area contributed by atoms with E-state index in [0.717, 1.165) is 19.0 Å². The van der Waals surface area contributed by atoms with Gasteiger partial charge < -0.3 is 0 Å². The van der Waals surface area contributed by atoms with E-state index in [4.69, 9.17) is 0 Å². The lowest BCUT2D eigenvalue weighted by Gasteiger charge is -2.30. The summed E-state index contributed by atoms with van der Waals surface area (Å²) >= 11 is 0. The Bertz CT molecular complexity index is 576. The van der Waals surface area contributed by atoms with Crippen LogP contribution in [0.15, 0.2) is 29.2 Å². The summed E-state index contributed by atoms with van der Waals surface area (Å²) in [5.74, 6) is -0.152. The molecule has 2 aliphatic rings. The molecule has 1 heterocycles. The summed E-state index contributed by atoms with van der Waals surface area (Å²) in [5, 5.41) is -0.391. The van der Waals surface area contributed by atoms with E-state index in [-0.39, 0.29) is 4.90 Å². The zero-order chi connectivity index (χ0) is 13.5. The summed E-state index contributed by atoms with van der Waals surface area (Å²) < 4.78 is 38.2. The van der Waals surface area contributed by atoms with E-state index < -0.39 is 20.9 Å². The van der Waals surface area contributed by atoms with Gasteiger partial charge in [0.15, 0.2) is 9.84 Å². The molecule has 2 fully saturated rings. The van der Waals surface area contributed by atoms with Crippen LogP contribution in [0.2, 0.25) is 0 Å². The van der Waals surface area contributed by atoms with Crippen molar-refractivity contribution in [3.8, 4) is 0 Å². The van der Waals surface area contributed by atoms with E-state index in [1.54, 1.807) is 0 Å². The van der Waals surface area contributed by atoms with Crippen LogP contribution < -0.4 is 10.9 Å². The Balaban J connectivity index is 1.85. The first kappa shape index (κ1) is 13.0. The van der Waals surface area contributed by atoms with Gasteiger partial charge in [0.25, 0.3) is 0 Å². The van der Waals surface area contributed by atoms with Crippen LogP contribution in [0.3, 0.4) is 0 Å². The van der Waals surface area contributed by atoms with Crippen LogP contribution >= 0.6 is 0 Å². The highest BCUT2D eigenvalue weighted by molar-refractivity contribution is 7.92. The lowest BCUT2D eigenvalue weighted by molar-refractivity contribution is 0.334. The summed E-state index contributed by atoms with van der Waals surface area (Å²) in [7, 11) is -3.42. The standard InChI is InChI=1S/C13H17FN2O2S/c14-10-2-1-3-11(7-10)19(17,18)12-4-5-13-9(6-12)8-15-16-13/h1-3,7,9,12-13,15-16H,4-6,8H2. The second-order valence-corrected chi connectivity index (χ2v) is 7.56. The van der Waals surface area contributed by atoms with Gasteiger partial charge in [0, 0.05) is 12.6 Å². The Morgan fingerprint density at radius 2 is 2.11 bits per heavy atom. The second kappa shape index (κ2) is 4.85. The molecule has 6 heteroatoms. The van der Waals surface area contributed by atoms with Gasteiger partial charge in [-0.25, -0.2) is 12.8 Å². The number of hydrogen-bond donors (Lipinski definition) is 2. The number of halogens is 1. The van der Waals surface area contributed by atoms with Crippen molar-refractivity contribution in [3.05, 3.63) is 30.1 Å². The molecule has 1 saturated carbocycles. The first-order valence-corrected chi connectivity index (χ1v) is 8.10. The van der Waals surface area contributed by atoms with Gasteiger partial charge in [-0.05, 0) is 43.4 Å². The lowest BCUT2D eigenvalue weighted by Crippen LogP contribution is -2.39. The van der Waals surface area contributed by atoms with Gasteiger partial charge in [-0.15, -0.1) is 0 Å². The van der Waals surface area contributed by atoms with E-state index in [1.165, 1.54) is 18.2 Å². The smallest absolute Gasteiger partial charge is 0.181 e. The van der Waals surface area contributed by atoms with Gasteiger partial charge in [0.05, 0.1) is 10.1 Å². The fourth-order valence-electron chi connectivity index (χ4n) is 3.08. The molecule has 0 spiro atoms. The van der Waals surface area contributed by atoms with Crippen LogP contribution in [0.25, 0.3) is 0 Å². The molecule has 1 saturated heterocycles. The number of nitrogens with one attached hydrogen (secondary N) is 2. The summed E-state index contributed by atoms with van der Waals surface area (Å²) in [6, 6.07) is 5.69. The maximum atomic E-state index is 13.2. The lowest BCUT2D eigenvalue weighted by atomic mass is 9.86. The molecule has 4 nitrogen and oxygen atoms in total. The van der Waals surface area contributed by atoms with Gasteiger partial charge in [-0.2, -0.15) is 0 Å². The van der Waals surface area contributed by atoms with Crippen molar-refractivity contribution in [3.63, 3.8) is 0 Å². The zero-order valence-corrected chi connectivity index (χ0v) is 11.3. The molecule has 2 N–H and O–H groups in total. The van der Waals surface area contributed by atoms with Crippen molar-refractivity contribution in [2.24, 2.45) is 5.92 Å². The first-order chi connectivity index (χ1) is 9.07. The van der Waals surface area contributed by atoms with Crippen LogP contribution in [0, 0.1) is 11.7 Å². The van der Waals surface area contributed by atoms with Gasteiger partial charge in [0.1, 0.15) is 5.82 Å². The Kier molecular flexibility index (Phi) is 3.32. The average Bonchev–Trinajstić information content (AvgIpc) is 2.85. The molecule has 0 radical (unpaired) electrons. The predicted octanol–water partition coefficient (Wildman–Crippen LogP) is 1.24. The van der Waals surface area contributed by atoms with Crippen molar-refractivity contribution in [2.45, 2.75) is 35.4 Å². The molecule has 1 aliphatic carbocycles. The molecule has 1 aromatic carbocycles. The second-order valence-electron chi connectivity index (χ2n) is 5.33. The molecular formula is C13H17FN2O2S. The third-order valence-corrected chi connectivity index (χ3v) is 6.37. The van der Waals surface area contributed by atoms with E-state index in [2.05, 4.69) is 10.9 Å². The number of sulfone groups is 1. The van der Waals surface area contributed by atoms with Crippen molar-refractivity contribution in [1.82, 2.24) is 10.9 Å². The summed E-state index contributed by atoms with van der Waals surface area (Å²) in [4.78, 5) is 0.106. The zero-order valence-electron chi connectivity index (χ0n) is 10.5. The number of hydrazine groups is 1. The van der Waals surface area contributed by atoms with E-state index in [9.17, 15) is 12.8 Å². The minimum atomic E-state index is -3.42. The van der Waals surface area contributed by atoms with Crippen LogP contribution in [-0.4, -0.2) is 26.3 Å². The predicted molar refractivity (Wildman–Crippen MR) is 69.6 cm³/mol. The highest BCUT2D eigenvalue weighted by Gasteiger charge is 2.39. The molecule has 104 valence electrons. The van der Waals surface area contributed by atoms with Gasteiger partial charge in [-0.3, -0.25) is 10.9 Å². The molecule has 1 aliphatic heterocycles. The molecular weight excluding hydrogens is 267 g/mol. The van der Waals surface area contributed by atoms with Gasteiger partial charge in [0.2, 0.25) is 0 Å². The molecule has 1 aromatic rings. The van der Waals surface area contributed by atoms with E-state index in [1.807, 2.05) is 0 Å². The fourth-order valence-corrected chi connectivity index (χ4v) is 4.95. The highest BCUT2D eigenvalue weighted by atomic mass is 32.2. The molecule has 3 atom stereocenters. The maximum absolute atomic E-state index is 13.2. The van der Waals surface area contributed by atoms with Gasteiger partial charge in [-0.1, -0.05) is 6.07 Å². The van der Waals surface area contributed by atoms with Crippen LogP contribution in [0.5, 0.6) is 0 Å². The number of fused-ring (bicyclic) bond motifs is 1. The SMILES string of the molecule is O=S(=O)(c1cccc(F)c1)C1CCC2NNCC2C1. The molecule has 3 unspecified atom stereocenters. The Labute approximate surface area is 112 Å². The molecule has 0 bridgehead atoms. The van der Waals surface area contributed by atoms with Crippen molar-refractivity contribution < 1.29 is 12.8 Å². The first-order valence-electron chi connectivity index (χ1n) is 6.55. The number of benzene rings is 1. The molecule has 0 amide bonds. The summed E-state index contributed by atoms with van der Waals surface area (Å²) in [6.07, 6.45) is 2.12. The van der Waals surface area contributed by atoms with Crippen molar-refractivity contribution in [2.75, 3.05) is 6.54 Å². The summed E-state index contributed by atoms with van der Waals surface area (Å²) in [6.45, 7) is 0.805. The summed E-state index contributed by atoms with van der Waals surface area (Å²) in [5.41, 5.74) is 6.25. The fraction of sp³-hybridized carbons (Fsp3) is 0.538. The Morgan fingerprint density at radius 1 is 1.26 bits per heavy atom. The van der Waals surface area contributed by atoms with Crippen LogP contribution in [0.4, 0.5) is 4.39 Å². The van der Waals surface area contributed by atoms with Gasteiger partial charge >= 0.3 is 0 Å². The minimum Gasteiger partial charge on any atom is -0.257 e. The topological polar surface area (TPSA) is 58.2 Å². The van der Waals surface area contributed by atoms with Crippen molar-refractivity contribution >= 4 is 9.84 Å². The molecule has 0 aromatic heterocycles. The average molecular weight is 284 g/mol. The minimum absolute atomic E-state index is 0.106. The maximum Gasteiger partial charge on any atom is 0.181 e. The monoisotopic (exact) mass is 284 g/mol. The number of hydrogen-bond acceptors (Lipinski definition) is 4. The Morgan fingerprint density at radius 3 is 2.89 bits per heavy atom. The Hall–Kier alpha value is -0.980. The van der Waals surface area contributed by atoms with E-state index >= 15 is 0 Å². The normalized spacial score (nSPS) is 31.1. The van der Waals surface area contributed by atoms with Crippen LogP contribution in [-0.2, 0) is 9.84 Å². The number of rotatable bonds is 2.